The lowest BCUT2D eigenvalue weighted by Gasteiger charge is -2.14. The Kier molecular flexibility index (Phi) is 3.78. The Hall–Kier alpha value is -1.09. The molecule has 0 saturated heterocycles. The van der Waals surface area contributed by atoms with Crippen molar-refractivity contribution in [3.8, 4) is 5.75 Å². The summed E-state index contributed by atoms with van der Waals surface area (Å²) in [7, 11) is 0. The molecule has 16 heavy (non-hydrogen) atoms. The Balaban J connectivity index is 1.98. The highest BCUT2D eigenvalue weighted by molar-refractivity contribution is 5.32. The molecule has 0 bridgehead atoms. The molecule has 3 nitrogen and oxygen atoms in total. The van der Waals surface area contributed by atoms with Gasteiger partial charge in [-0.1, -0.05) is 12.8 Å². The highest BCUT2D eigenvalue weighted by Gasteiger charge is 2.16. The van der Waals surface area contributed by atoms with Crippen molar-refractivity contribution in [3.63, 3.8) is 0 Å². The van der Waals surface area contributed by atoms with Gasteiger partial charge < -0.3 is 9.84 Å². The van der Waals surface area contributed by atoms with Crippen LogP contribution in [0.3, 0.4) is 0 Å². The van der Waals surface area contributed by atoms with Gasteiger partial charge in [0.15, 0.2) is 0 Å². The number of nitrogens with zero attached hydrogens (tertiary/aromatic N) is 1. The van der Waals surface area contributed by atoms with Gasteiger partial charge in [-0.15, -0.1) is 0 Å². The van der Waals surface area contributed by atoms with Gasteiger partial charge in [0.25, 0.3) is 0 Å². The third kappa shape index (κ3) is 2.73. The average molecular weight is 221 g/mol. The lowest BCUT2D eigenvalue weighted by Crippen LogP contribution is -2.09. The van der Waals surface area contributed by atoms with E-state index in [4.69, 9.17) is 4.74 Å². The summed E-state index contributed by atoms with van der Waals surface area (Å²) in [5.74, 6) is 1.49. The first-order chi connectivity index (χ1) is 7.79. The largest absolute Gasteiger partial charge is 0.493 e. The van der Waals surface area contributed by atoms with Gasteiger partial charge in [0.1, 0.15) is 5.75 Å². The number of aliphatic hydroxyl groups is 1. The third-order valence-electron chi connectivity index (χ3n) is 3.20. The molecule has 1 saturated carbocycles. The van der Waals surface area contributed by atoms with E-state index in [-0.39, 0.29) is 6.61 Å². The van der Waals surface area contributed by atoms with E-state index in [1.54, 1.807) is 6.20 Å². The normalized spacial score (nSPS) is 16.6. The van der Waals surface area contributed by atoms with Crippen molar-refractivity contribution in [2.24, 2.45) is 5.92 Å². The molecule has 1 aliphatic rings. The summed E-state index contributed by atoms with van der Waals surface area (Å²) in [5, 5.41) is 9.18. The number of rotatable bonds is 4. The Labute approximate surface area is 96.5 Å². The predicted octanol–water partition coefficient (Wildman–Crippen LogP) is 2.45. The second kappa shape index (κ2) is 5.30. The Morgan fingerprint density at radius 3 is 2.88 bits per heavy atom. The van der Waals surface area contributed by atoms with Crippen molar-refractivity contribution in [1.82, 2.24) is 4.98 Å². The van der Waals surface area contributed by atoms with Gasteiger partial charge in [-0.25, -0.2) is 0 Å². The molecule has 0 aromatic carbocycles. The molecular weight excluding hydrogens is 202 g/mol. The molecule has 1 heterocycles. The monoisotopic (exact) mass is 221 g/mol. The van der Waals surface area contributed by atoms with E-state index in [1.165, 1.54) is 25.7 Å². The summed E-state index contributed by atoms with van der Waals surface area (Å²) < 4.78 is 5.79. The standard InChI is InChI=1S/C13H19NO2/c1-10-6-13(12(8-15)7-14-10)16-9-11-4-2-3-5-11/h6-7,11,15H,2-5,8-9H2,1H3. The van der Waals surface area contributed by atoms with Crippen molar-refractivity contribution in [1.29, 1.82) is 0 Å². The summed E-state index contributed by atoms with van der Waals surface area (Å²) in [4.78, 5) is 4.15. The molecule has 1 aromatic heterocycles. The first-order valence-electron chi connectivity index (χ1n) is 5.99. The van der Waals surface area contributed by atoms with Crippen molar-refractivity contribution in [3.05, 3.63) is 23.5 Å². The van der Waals surface area contributed by atoms with Gasteiger partial charge in [-0.3, -0.25) is 4.98 Å². The number of aliphatic hydroxyl groups excluding tert-OH is 1. The lowest BCUT2D eigenvalue weighted by molar-refractivity contribution is 0.234. The van der Waals surface area contributed by atoms with E-state index in [0.717, 1.165) is 23.6 Å². The van der Waals surface area contributed by atoms with Crippen LogP contribution in [0.4, 0.5) is 0 Å². The van der Waals surface area contributed by atoms with E-state index in [2.05, 4.69) is 4.98 Å². The first-order valence-corrected chi connectivity index (χ1v) is 5.99. The molecule has 0 aliphatic heterocycles. The summed E-state index contributed by atoms with van der Waals surface area (Å²) in [6.45, 7) is 2.70. The Morgan fingerprint density at radius 2 is 2.19 bits per heavy atom. The van der Waals surface area contributed by atoms with E-state index < -0.39 is 0 Å². The van der Waals surface area contributed by atoms with Crippen LogP contribution in [0.25, 0.3) is 0 Å². The van der Waals surface area contributed by atoms with Crippen LogP contribution in [0.15, 0.2) is 12.3 Å². The van der Waals surface area contributed by atoms with Crippen LogP contribution >= 0.6 is 0 Å². The summed E-state index contributed by atoms with van der Waals surface area (Å²) >= 11 is 0. The summed E-state index contributed by atoms with van der Waals surface area (Å²) in [6.07, 6.45) is 6.91. The van der Waals surface area contributed by atoms with Gasteiger partial charge in [0.2, 0.25) is 0 Å². The molecule has 1 aliphatic carbocycles. The number of ether oxygens (including phenoxy) is 1. The third-order valence-corrected chi connectivity index (χ3v) is 3.20. The molecule has 0 amide bonds. The smallest absolute Gasteiger partial charge is 0.128 e. The first kappa shape index (κ1) is 11.4. The molecule has 2 rings (SSSR count). The Bertz CT molecular complexity index is 346. The fraction of sp³-hybridized carbons (Fsp3) is 0.615. The molecule has 0 unspecified atom stereocenters. The minimum absolute atomic E-state index is 0.00667. The summed E-state index contributed by atoms with van der Waals surface area (Å²) in [5.41, 5.74) is 1.71. The van der Waals surface area contributed by atoms with Crippen LogP contribution in [0.1, 0.15) is 36.9 Å². The molecular formula is C13H19NO2. The van der Waals surface area contributed by atoms with Gasteiger partial charge in [0, 0.05) is 23.5 Å². The van der Waals surface area contributed by atoms with Gasteiger partial charge >= 0.3 is 0 Å². The number of aryl methyl sites for hydroxylation is 1. The number of hydrogen-bond acceptors (Lipinski definition) is 3. The van der Waals surface area contributed by atoms with Crippen LogP contribution in [-0.4, -0.2) is 16.7 Å². The highest BCUT2D eigenvalue weighted by Crippen LogP contribution is 2.26. The predicted molar refractivity (Wildman–Crippen MR) is 62.3 cm³/mol. The van der Waals surface area contributed by atoms with Crippen LogP contribution < -0.4 is 4.74 Å². The zero-order valence-corrected chi connectivity index (χ0v) is 9.78. The molecule has 0 atom stereocenters. The van der Waals surface area contributed by atoms with Crippen molar-refractivity contribution >= 4 is 0 Å². The topological polar surface area (TPSA) is 42.4 Å². The number of hydrogen-bond donors (Lipinski definition) is 1. The van der Waals surface area contributed by atoms with Gasteiger partial charge in [0.05, 0.1) is 13.2 Å². The maximum atomic E-state index is 9.18. The van der Waals surface area contributed by atoms with E-state index >= 15 is 0 Å². The minimum Gasteiger partial charge on any atom is -0.493 e. The van der Waals surface area contributed by atoms with Crippen LogP contribution in [0, 0.1) is 12.8 Å². The maximum absolute atomic E-state index is 9.18. The molecule has 1 aromatic rings. The molecule has 3 heteroatoms. The van der Waals surface area contributed by atoms with E-state index in [9.17, 15) is 5.11 Å². The second-order valence-corrected chi connectivity index (χ2v) is 4.55. The maximum Gasteiger partial charge on any atom is 0.128 e. The van der Waals surface area contributed by atoms with Crippen LogP contribution in [0.5, 0.6) is 5.75 Å². The summed E-state index contributed by atoms with van der Waals surface area (Å²) in [6, 6.07) is 1.90. The quantitative estimate of drug-likeness (QED) is 0.849. The molecule has 1 fully saturated rings. The van der Waals surface area contributed by atoms with Crippen LogP contribution in [0.2, 0.25) is 0 Å². The molecule has 1 N–H and O–H groups in total. The zero-order chi connectivity index (χ0) is 11.4. The van der Waals surface area contributed by atoms with Crippen molar-refractivity contribution in [2.75, 3.05) is 6.61 Å². The zero-order valence-electron chi connectivity index (χ0n) is 9.78. The number of pyridine rings is 1. The van der Waals surface area contributed by atoms with Crippen LogP contribution in [-0.2, 0) is 6.61 Å². The molecule has 0 spiro atoms. The molecule has 0 radical (unpaired) electrons. The van der Waals surface area contributed by atoms with Crippen molar-refractivity contribution < 1.29 is 9.84 Å². The minimum atomic E-state index is -0.00667. The van der Waals surface area contributed by atoms with E-state index in [1.807, 2.05) is 13.0 Å². The number of aromatic nitrogens is 1. The fourth-order valence-corrected chi connectivity index (χ4v) is 2.20. The molecule has 88 valence electrons. The SMILES string of the molecule is Cc1cc(OCC2CCCC2)c(CO)cn1. The van der Waals surface area contributed by atoms with E-state index in [0.29, 0.717) is 5.92 Å². The van der Waals surface area contributed by atoms with Gasteiger partial charge in [-0.2, -0.15) is 0 Å². The van der Waals surface area contributed by atoms with Gasteiger partial charge in [-0.05, 0) is 25.7 Å². The van der Waals surface area contributed by atoms with Crippen molar-refractivity contribution in [2.45, 2.75) is 39.2 Å². The Morgan fingerprint density at radius 1 is 1.44 bits per heavy atom. The second-order valence-electron chi connectivity index (χ2n) is 4.55. The average Bonchev–Trinajstić information content (AvgIpc) is 2.79. The fourth-order valence-electron chi connectivity index (χ4n) is 2.20. The highest BCUT2D eigenvalue weighted by atomic mass is 16.5. The lowest BCUT2D eigenvalue weighted by atomic mass is 10.1.